The van der Waals surface area contributed by atoms with Gasteiger partial charge in [0.15, 0.2) is 0 Å². The molecule has 0 radical (unpaired) electrons. The van der Waals surface area contributed by atoms with E-state index in [4.69, 9.17) is 10.6 Å². The van der Waals surface area contributed by atoms with Gasteiger partial charge in [0.25, 0.3) is 5.91 Å². The summed E-state index contributed by atoms with van der Waals surface area (Å²) in [6.07, 6.45) is 0.666. The Hall–Kier alpha value is -0.690. The molecule has 0 aromatic heterocycles. The Morgan fingerprint density at radius 3 is 3.07 bits per heavy atom. The zero-order valence-corrected chi connectivity index (χ0v) is 8.98. The third-order valence-electron chi connectivity index (χ3n) is 2.72. The molecular formula is C9H19N3O3. The Labute approximate surface area is 89.3 Å². The average Bonchev–Trinajstić information content (AvgIpc) is 2.30. The number of nitrogens with two attached hydrogens (primary N) is 1. The molecule has 15 heavy (non-hydrogen) atoms. The molecule has 1 aliphatic heterocycles. The normalized spacial score (nSPS) is 24.9. The van der Waals surface area contributed by atoms with Crippen LogP contribution in [-0.2, 0) is 9.53 Å². The summed E-state index contributed by atoms with van der Waals surface area (Å²) in [5, 5.41) is 9.18. The Bertz CT molecular complexity index is 213. The third-order valence-corrected chi connectivity index (χ3v) is 2.72. The minimum atomic E-state index is -0.281. The molecule has 2 atom stereocenters. The topological polar surface area (TPSA) is 87.8 Å². The molecule has 0 bridgehead atoms. The van der Waals surface area contributed by atoms with Gasteiger partial charge in [0, 0.05) is 6.54 Å². The van der Waals surface area contributed by atoms with Crippen molar-refractivity contribution in [2.75, 3.05) is 26.4 Å². The number of hydrogen-bond acceptors (Lipinski definition) is 5. The maximum atomic E-state index is 11.5. The number of hydrogen-bond donors (Lipinski definition) is 3. The van der Waals surface area contributed by atoms with E-state index in [1.807, 2.05) is 11.8 Å². The van der Waals surface area contributed by atoms with Gasteiger partial charge in [-0.2, -0.15) is 0 Å². The lowest BCUT2D eigenvalue weighted by molar-refractivity contribution is -0.131. The Morgan fingerprint density at radius 1 is 1.80 bits per heavy atom. The van der Waals surface area contributed by atoms with Gasteiger partial charge >= 0.3 is 0 Å². The number of rotatable bonds is 4. The lowest BCUT2D eigenvalue weighted by Gasteiger charge is -2.38. The molecule has 1 fully saturated rings. The van der Waals surface area contributed by atoms with Crippen LogP contribution in [0.3, 0.4) is 0 Å². The molecule has 1 heterocycles. The molecule has 6 heteroatoms. The van der Waals surface area contributed by atoms with Crippen molar-refractivity contribution in [1.29, 1.82) is 0 Å². The van der Waals surface area contributed by atoms with Crippen molar-refractivity contribution in [3.8, 4) is 0 Å². The lowest BCUT2D eigenvalue weighted by Crippen LogP contribution is -2.57. The predicted octanol–water partition coefficient (Wildman–Crippen LogP) is -1.55. The maximum absolute atomic E-state index is 11.5. The fraction of sp³-hybridized carbons (Fsp3) is 0.889. The van der Waals surface area contributed by atoms with Crippen molar-refractivity contribution in [2.45, 2.75) is 25.4 Å². The van der Waals surface area contributed by atoms with Crippen LogP contribution in [0.2, 0.25) is 0 Å². The number of amides is 1. The third kappa shape index (κ3) is 2.88. The van der Waals surface area contributed by atoms with Crippen LogP contribution >= 0.6 is 0 Å². The number of carbonyl (C=O) groups is 1. The van der Waals surface area contributed by atoms with Crippen molar-refractivity contribution in [1.82, 2.24) is 10.3 Å². The van der Waals surface area contributed by atoms with E-state index in [2.05, 4.69) is 5.43 Å². The van der Waals surface area contributed by atoms with Crippen LogP contribution in [0.5, 0.6) is 0 Å². The highest BCUT2D eigenvalue weighted by molar-refractivity contribution is 5.81. The van der Waals surface area contributed by atoms with Gasteiger partial charge in [0.1, 0.15) is 0 Å². The first-order chi connectivity index (χ1) is 7.24. The number of ether oxygens (including phenoxy) is 1. The van der Waals surface area contributed by atoms with Gasteiger partial charge in [0.05, 0.1) is 31.9 Å². The van der Waals surface area contributed by atoms with Crippen molar-refractivity contribution in [3.05, 3.63) is 0 Å². The van der Waals surface area contributed by atoms with Crippen molar-refractivity contribution >= 4 is 5.91 Å². The van der Waals surface area contributed by atoms with Crippen molar-refractivity contribution in [2.24, 2.45) is 5.84 Å². The largest absolute Gasteiger partial charge is 0.395 e. The molecule has 0 aliphatic carbocycles. The second-order valence-electron chi connectivity index (χ2n) is 3.58. The molecular weight excluding hydrogens is 198 g/mol. The van der Waals surface area contributed by atoms with E-state index in [-0.39, 0.29) is 24.6 Å². The Kier molecular flexibility index (Phi) is 4.97. The summed E-state index contributed by atoms with van der Waals surface area (Å²) in [6, 6.07) is -0.392. The van der Waals surface area contributed by atoms with Gasteiger partial charge in [0.2, 0.25) is 0 Å². The zero-order valence-electron chi connectivity index (χ0n) is 8.98. The lowest BCUT2D eigenvalue weighted by atomic mass is 10.1. The number of morpholine rings is 1. The first kappa shape index (κ1) is 12.4. The minimum Gasteiger partial charge on any atom is -0.395 e. The van der Waals surface area contributed by atoms with Crippen LogP contribution < -0.4 is 11.3 Å². The molecule has 1 aliphatic rings. The summed E-state index contributed by atoms with van der Waals surface area (Å²) >= 11 is 0. The fourth-order valence-corrected chi connectivity index (χ4v) is 1.90. The molecule has 0 aromatic carbocycles. The van der Waals surface area contributed by atoms with E-state index >= 15 is 0 Å². The first-order valence-corrected chi connectivity index (χ1v) is 5.19. The quantitative estimate of drug-likeness (QED) is 0.301. The van der Waals surface area contributed by atoms with Crippen LogP contribution in [0.25, 0.3) is 0 Å². The zero-order chi connectivity index (χ0) is 11.3. The second kappa shape index (κ2) is 6.02. The number of hydrazine groups is 1. The highest BCUT2D eigenvalue weighted by Gasteiger charge is 2.31. The summed E-state index contributed by atoms with van der Waals surface area (Å²) < 4.78 is 5.25. The Morgan fingerprint density at radius 2 is 2.53 bits per heavy atom. The average molecular weight is 217 g/mol. The van der Waals surface area contributed by atoms with E-state index in [1.54, 1.807) is 0 Å². The molecule has 0 aromatic rings. The van der Waals surface area contributed by atoms with Crippen LogP contribution in [-0.4, -0.2) is 54.4 Å². The number of nitrogens with zero attached hydrogens (tertiary/aromatic N) is 1. The van der Waals surface area contributed by atoms with Crippen molar-refractivity contribution in [3.63, 3.8) is 0 Å². The monoisotopic (exact) mass is 217 g/mol. The molecule has 4 N–H and O–H groups in total. The van der Waals surface area contributed by atoms with E-state index < -0.39 is 0 Å². The van der Waals surface area contributed by atoms with Gasteiger partial charge in [-0.3, -0.25) is 15.1 Å². The van der Waals surface area contributed by atoms with E-state index in [0.717, 1.165) is 0 Å². The van der Waals surface area contributed by atoms with Gasteiger partial charge in [-0.1, -0.05) is 6.92 Å². The summed E-state index contributed by atoms with van der Waals surface area (Å²) in [6.45, 7) is 3.62. The minimum absolute atomic E-state index is 0.00560. The molecule has 1 amide bonds. The van der Waals surface area contributed by atoms with Gasteiger partial charge in [-0.05, 0) is 6.42 Å². The number of nitrogens with one attached hydrogen (secondary N) is 1. The molecule has 6 nitrogen and oxygen atoms in total. The van der Waals surface area contributed by atoms with Crippen LogP contribution in [0.1, 0.15) is 13.3 Å². The Balaban J connectivity index is 2.67. The number of carbonyl (C=O) groups excluding carboxylic acids is 1. The van der Waals surface area contributed by atoms with E-state index in [9.17, 15) is 9.90 Å². The summed E-state index contributed by atoms with van der Waals surface area (Å²) in [5.41, 5.74) is 2.15. The second-order valence-corrected chi connectivity index (χ2v) is 3.58. The SMILES string of the molecule is CCC(C(=O)NN)N1CCOCC1CO. The summed E-state index contributed by atoms with van der Waals surface area (Å²) in [7, 11) is 0. The number of aliphatic hydroxyl groups excluding tert-OH is 1. The van der Waals surface area contributed by atoms with Crippen LogP contribution in [0.15, 0.2) is 0 Å². The maximum Gasteiger partial charge on any atom is 0.251 e. The fourth-order valence-electron chi connectivity index (χ4n) is 1.90. The molecule has 0 saturated carbocycles. The molecule has 2 unspecified atom stereocenters. The summed E-state index contributed by atoms with van der Waals surface area (Å²) in [4.78, 5) is 13.5. The van der Waals surface area contributed by atoms with Gasteiger partial charge in [-0.25, -0.2) is 5.84 Å². The highest BCUT2D eigenvalue weighted by Crippen LogP contribution is 2.13. The van der Waals surface area contributed by atoms with E-state index in [0.29, 0.717) is 26.2 Å². The van der Waals surface area contributed by atoms with Crippen LogP contribution in [0, 0.1) is 0 Å². The molecule has 1 saturated heterocycles. The summed E-state index contributed by atoms with van der Waals surface area (Å²) in [5.74, 6) is 4.91. The molecule has 1 rings (SSSR count). The van der Waals surface area contributed by atoms with Crippen LogP contribution in [0.4, 0.5) is 0 Å². The van der Waals surface area contributed by atoms with Gasteiger partial charge < -0.3 is 9.84 Å². The predicted molar refractivity (Wildman–Crippen MR) is 54.8 cm³/mol. The smallest absolute Gasteiger partial charge is 0.251 e. The highest BCUT2D eigenvalue weighted by atomic mass is 16.5. The standard InChI is InChI=1S/C9H19N3O3/c1-2-8(9(14)11-10)12-3-4-15-6-7(12)5-13/h7-8,13H,2-6,10H2,1H3,(H,11,14). The van der Waals surface area contributed by atoms with Gasteiger partial charge in [-0.15, -0.1) is 0 Å². The molecule has 88 valence electrons. The number of aliphatic hydroxyl groups is 1. The van der Waals surface area contributed by atoms with E-state index in [1.165, 1.54) is 0 Å². The first-order valence-electron chi connectivity index (χ1n) is 5.19. The van der Waals surface area contributed by atoms with Crippen molar-refractivity contribution < 1.29 is 14.6 Å². The molecule has 0 spiro atoms.